The first-order valence-electron chi connectivity index (χ1n) is 8.19. The smallest absolute Gasteiger partial charge is 0.270 e. The van der Waals surface area contributed by atoms with Crippen LogP contribution in [0.2, 0.25) is 0 Å². The molecule has 0 aliphatic rings. The van der Waals surface area contributed by atoms with Gasteiger partial charge in [-0.3, -0.25) is 14.9 Å². The number of benzene rings is 2. The minimum absolute atomic E-state index is 0.0111. The predicted molar refractivity (Wildman–Crippen MR) is 110 cm³/mol. The van der Waals surface area contributed by atoms with Gasteiger partial charge in [-0.1, -0.05) is 42.5 Å². The number of thioether (sulfide) groups is 1. The van der Waals surface area contributed by atoms with Gasteiger partial charge in [-0.15, -0.1) is 23.1 Å². The second-order valence-electron chi connectivity index (χ2n) is 5.77. The lowest BCUT2D eigenvalue weighted by Crippen LogP contribution is -2.22. The summed E-state index contributed by atoms with van der Waals surface area (Å²) >= 11 is 2.85. The van der Waals surface area contributed by atoms with Crippen molar-refractivity contribution in [1.82, 2.24) is 4.98 Å². The Kier molecular flexibility index (Phi) is 6.20. The molecule has 3 aromatic rings. The third kappa shape index (κ3) is 5.15. The molecule has 1 heterocycles. The van der Waals surface area contributed by atoms with Crippen LogP contribution in [0.1, 0.15) is 12.5 Å². The van der Waals surface area contributed by atoms with Crippen LogP contribution in [0, 0.1) is 10.1 Å². The number of nitrogens with one attached hydrogen (secondary N) is 1. The van der Waals surface area contributed by atoms with Gasteiger partial charge in [-0.2, -0.15) is 0 Å². The monoisotopic (exact) mass is 399 g/mol. The Morgan fingerprint density at radius 1 is 1.26 bits per heavy atom. The highest BCUT2D eigenvalue weighted by Gasteiger charge is 2.16. The Morgan fingerprint density at radius 2 is 2.04 bits per heavy atom. The van der Waals surface area contributed by atoms with Crippen LogP contribution in [0.4, 0.5) is 10.8 Å². The first-order valence-corrected chi connectivity index (χ1v) is 10.1. The van der Waals surface area contributed by atoms with Gasteiger partial charge in [0.15, 0.2) is 5.13 Å². The molecule has 0 bridgehead atoms. The molecular formula is C19H17N3O3S2. The summed E-state index contributed by atoms with van der Waals surface area (Å²) in [5.74, 6) is 0.641. The molecule has 0 radical (unpaired) electrons. The van der Waals surface area contributed by atoms with E-state index in [0.717, 1.165) is 5.75 Å². The van der Waals surface area contributed by atoms with Crippen LogP contribution in [-0.4, -0.2) is 21.1 Å². The molecule has 1 amide bonds. The number of nitrogens with zero attached hydrogens (tertiary/aromatic N) is 2. The van der Waals surface area contributed by atoms with Crippen LogP contribution >= 0.6 is 23.1 Å². The number of nitro groups is 1. The summed E-state index contributed by atoms with van der Waals surface area (Å²) < 4.78 is 0. The molecule has 1 unspecified atom stereocenters. The number of carbonyl (C=O) groups excluding carboxylic acids is 1. The van der Waals surface area contributed by atoms with E-state index < -0.39 is 4.92 Å². The summed E-state index contributed by atoms with van der Waals surface area (Å²) in [7, 11) is 0. The van der Waals surface area contributed by atoms with Gasteiger partial charge in [-0.25, -0.2) is 4.98 Å². The summed E-state index contributed by atoms with van der Waals surface area (Å²) in [6, 6.07) is 16.3. The van der Waals surface area contributed by atoms with E-state index in [1.165, 1.54) is 29.0 Å². The quantitative estimate of drug-likeness (QED) is 0.447. The largest absolute Gasteiger partial charge is 0.301 e. The van der Waals surface area contributed by atoms with Gasteiger partial charge in [0.2, 0.25) is 5.91 Å². The van der Waals surface area contributed by atoms with Gasteiger partial charge < -0.3 is 5.32 Å². The number of non-ortho nitro benzene ring substituents is 1. The third-order valence-corrected chi connectivity index (χ3v) is 5.77. The second-order valence-corrected chi connectivity index (χ2v) is 7.96. The van der Waals surface area contributed by atoms with Crippen molar-refractivity contribution < 1.29 is 9.72 Å². The molecule has 0 saturated carbocycles. The SMILES string of the molecule is CC(SCc1ccccc1)C(=O)Nc1nc(-c2cccc([N+](=O)[O-])c2)cs1. The van der Waals surface area contributed by atoms with Gasteiger partial charge in [0, 0.05) is 28.8 Å². The molecule has 0 saturated heterocycles. The number of thiazole rings is 1. The van der Waals surface area contributed by atoms with Crippen LogP contribution in [0.5, 0.6) is 0 Å². The number of nitro benzene ring substituents is 1. The molecule has 1 N–H and O–H groups in total. The fraction of sp³-hybridized carbons (Fsp3) is 0.158. The van der Waals surface area contributed by atoms with Crippen LogP contribution in [0.25, 0.3) is 11.3 Å². The second kappa shape index (κ2) is 8.79. The number of anilines is 1. The Hall–Kier alpha value is -2.71. The van der Waals surface area contributed by atoms with Crippen molar-refractivity contribution in [3.8, 4) is 11.3 Å². The Bertz CT molecular complexity index is 944. The number of rotatable bonds is 7. The van der Waals surface area contributed by atoms with Crippen LogP contribution < -0.4 is 5.32 Å². The summed E-state index contributed by atoms with van der Waals surface area (Å²) in [5, 5.41) is 15.7. The molecule has 0 fully saturated rings. The molecule has 3 rings (SSSR count). The molecule has 8 heteroatoms. The normalized spacial score (nSPS) is 11.7. The summed E-state index contributed by atoms with van der Waals surface area (Å²) in [5.41, 5.74) is 2.43. The van der Waals surface area contributed by atoms with Gasteiger partial charge in [0.05, 0.1) is 15.9 Å². The minimum Gasteiger partial charge on any atom is -0.301 e. The molecule has 2 aromatic carbocycles. The van der Waals surface area contributed by atoms with E-state index in [1.807, 2.05) is 37.3 Å². The van der Waals surface area contributed by atoms with Crippen molar-refractivity contribution >= 4 is 39.8 Å². The minimum atomic E-state index is -0.440. The molecule has 1 aromatic heterocycles. The topological polar surface area (TPSA) is 85.1 Å². The Balaban J connectivity index is 1.60. The lowest BCUT2D eigenvalue weighted by Gasteiger charge is -2.10. The van der Waals surface area contributed by atoms with Gasteiger partial charge in [-0.05, 0) is 12.5 Å². The highest BCUT2D eigenvalue weighted by Crippen LogP contribution is 2.28. The zero-order valence-corrected chi connectivity index (χ0v) is 16.1. The van der Waals surface area contributed by atoms with E-state index in [4.69, 9.17) is 0 Å². The molecule has 27 heavy (non-hydrogen) atoms. The molecule has 6 nitrogen and oxygen atoms in total. The van der Waals surface area contributed by atoms with Crippen molar-refractivity contribution in [2.24, 2.45) is 0 Å². The lowest BCUT2D eigenvalue weighted by molar-refractivity contribution is -0.384. The van der Waals surface area contributed by atoms with E-state index >= 15 is 0 Å². The first kappa shape index (κ1) is 19.1. The van der Waals surface area contributed by atoms with E-state index in [2.05, 4.69) is 10.3 Å². The predicted octanol–water partition coefficient (Wildman–Crippen LogP) is 4.98. The molecule has 1 atom stereocenters. The van der Waals surface area contributed by atoms with Crippen molar-refractivity contribution in [2.75, 3.05) is 5.32 Å². The number of aromatic nitrogens is 1. The fourth-order valence-corrected chi connectivity index (χ4v) is 3.89. The first-order chi connectivity index (χ1) is 13.0. The van der Waals surface area contributed by atoms with Crippen LogP contribution in [0.15, 0.2) is 60.0 Å². The fourth-order valence-electron chi connectivity index (χ4n) is 2.32. The van der Waals surface area contributed by atoms with Gasteiger partial charge in [0.25, 0.3) is 5.69 Å². The van der Waals surface area contributed by atoms with Crippen LogP contribution in [-0.2, 0) is 10.5 Å². The van der Waals surface area contributed by atoms with Crippen molar-refractivity contribution in [3.05, 3.63) is 75.7 Å². The third-order valence-electron chi connectivity index (χ3n) is 3.80. The number of amides is 1. The van der Waals surface area contributed by atoms with Crippen LogP contribution in [0.3, 0.4) is 0 Å². The number of carbonyl (C=O) groups is 1. The van der Waals surface area contributed by atoms with E-state index in [9.17, 15) is 14.9 Å². The average molecular weight is 399 g/mol. The molecule has 0 aliphatic heterocycles. The molecular weight excluding hydrogens is 382 g/mol. The van der Waals surface area contributed by atoms with Crippen molar-refractivity contribution in [2.45, 2.75) is 17.9 Å². The highest BCUT2D eigenvalue weighted by molar-refractivity contribution is 7.99. The molecule has 138 valence electrons. The zero-order valence-electron chi connectivity index (χ0n) is 14.5. The number of hydrogen-bond donors (Lipinski definition) is 1. The van der Waals surface area contributed by atoms with E-state index in [0.29, 0.717) is 16.4 Å². The number of hydrogen-bond acceptors (Lipinski definition) is 6. The standard InChI is InChI=1S/C19H17N3O3S2/c1-13(26-11-14-6-3-2-4-7-14)18(23)21-19-20-17(12-27-19)15-8-5-9-16(10-15)22(24)25/h2-10,12-13H,11H2,1H3,(H,20,21,23). The van der Waals surface area contributed by atoms with Crippen molar-refractivity contribution in [3.63, 3.8) is 0 Å². The zero-order chi connectivity index (χ0) is 19.2. The van der Waals surface area contributed by atoms with Gasteiger partial charge >= 0.3 is 0 Å². The average Bonchev–Trinajstić information content (AvgIpc) is 3.15. The maximum atomic E-state index is 12.4. The summed E-state index contributed by atoms with van der Waals surface area (Å²) in [4.78, 5) is 27.2. The van der Waals surface area contributed by atoms with E-state index in [-0.39, 0.29) is 16.8 Å². The molecule has 0 aliphatic carbocycles. The Morgan fingerprint density at radius 3 is 2.78 bits per heavy atom. The summed E-state index contributed by atoms with van der Waals surface area (Å²) in [6.45, 7) is 1.86. The Labute approximate surface area is 164 Å². The van der Waals surface area contributed by atoms with E-state index in [1.54, 1.807) is 29.3 Å². The molecule has 0 spiro atoms. The highest BCUT2D eigenvalue weighted by atomic mass is 32.2. The van der Waals surface area contributed by atoms with Crippen molar-refractivity contribution in [1.29, 1.82) is 0 Å². The maximum absolute atomic E-state index is 12.4. The lowest BCUT2D eigenvalue weighted by atomic mass is 10.1. The van der Waals surface area contributed by atoms with Gasteiger partial charge in [0.1, 0.15) is 0 Å². The summed E-state index contributed by atoms with van der Waals surface area (Å²) in [6.07, 6.45) is 0. The maximum Gasteiger partial charge on any atom is 0.270 e.